The lowest BCUT2D eigenvalue weighted by Gasteiger charge is -2.39. The van der Waals surface area contributed by atoms with Gasteiger partial charge in [-0.3, -0.25) is 9.88 Å². The summed E-state index contributed by atoms with van der Waals surface area (Å²) in [4.78, 5) is 24.7. The third-order valence-electron chi connectivity index (χ3n) is 4.73. The van der Waals surface area contributed by atoms with E-state index in [9.17, 15) is 4.79 Å². The molecular formula is C19H27N5O3. The Kier molecular flexibility index (Phi) is 5.74. The number of ether oxygens (including phenoxy) is 1. The van der Waals surface area contributed by atoms with E-state index in [0.29, 0.717) is 19.0 Å². The maximum absolute atomic E-state index is 12.3. The molecule has 1 amide bonds. The molecule has 3 heterocycles. The molecule has 0 saturated carbocycles. The van der Waals surface area contributed by atoms with Crippen LogP contribution in [-0.2, 0) is 4.74 Å². The second-order valence-corrected chi connectivity index (χ2v) is 7.83. The quantitative estimate of drug-likeness (QED) is 0.814. The molecule has 1 fully saturated rings. The number of likely N-dealkylation sites (tertiary alicyclic amines) is 1. The van der Waals surface area contributed by atoms with Crippen molar-refractivity contribution in [1.82, 2.24) is 24.9 Å². The SMILES string of the molecule is CN(C1CCN(C(=O)OC(C)(C)C)CC1)C(c1ccncc1)c1ncno1. The molecule has 0 N–H and O–H groups in total. The average molecular weight is 373 g/mol. The molecule has 1 saturated heterocycles. The van der Waals surface area contributed by atoms with Crippen molar-refractivity contribution in [2.45, 2.75) is 51.3 Å². The molecule has 1 unspecified atom stereocenters. The molecule has 0 bridgehead atoms. The van der Waals surface area contributed by atoms with Gasteiger partial charge < -0.3 is 14.2 Å². The van der Waals surface area contributed by atoms with E-state index in [2.05, 4.69) is 27.1 Å². The molecule has 0 aliphatic carbocycles. The summed E-state index contributed by atoms with van der Waals surface area (Å²) in [5, 5.41) is 3.77. The van der Waals surface area contributed by atoms with Crippen molar-refractivity contribution in [3.8, 4) is 0 Å². The van der Waals surface area contributed by atoms with Gasteiger partial charge in [0.15, 0.2) is 6.33 Å². The molecule has 2 aromatic heterocycles. The third kappa shape index (κ3) is 4.82. The maximum Gasteiger partial charge on any atom is 0.410 e. The van der Waals surface area contributed by atoms with E-state index in [1.54, 1.807) is 17.3 Å². The van der Waals surface area contributed by atoms with Gasteiger partial charge in [-0.15, -0.1) is 0 Å². The smallest absolute Gasteiger partial charge is 0.410 e. The molecule has 1 atom stereocenters. The number of amides is 1. The van der Waals surface area contributed by atoms with E-state index >= 15 is 0 Å². The molecule has 27 heavy (non-hydrogen) atoms. The van der Waals surface area contributed by atoms with Crippen molar-refractivity contribution in [1.29, 1.82) is 0 Å². The lowest BCUT2D eigenvalue weighted by Crippen LogP contribution is -2.47. The van der Waals surface area contributed by atoms with Crippen molar-refractivity contribution in [3.63, 3.8) is 0 Å². The summed E-state index contributed by atoms with van der Waals surface area (Å²) in [5.74, 6) is 0.554. The topological polar surface area (TPSA) is 84.6 Å². The standard InChI is InChI=1S/C19H27N5O3/c1-19(2,3)26-18(25)24-11-7-15(8-12-24)23(4)16(17-21-13-22-27-17)14-5-9-20-10-6-14/h5-6,9-10,13,15-16H,7-8,11-12H2,1-4H3. The first kappa shape index (κ1) is 19.3. The molecule has 0 spiro atoms. The number of rotatable bonds is 4. The van der Waals surface area contributed by atoms with Crippen LogP contribution in [0.3, 0.4) is 0 Å². The second-order valence-electron chi connectivity index (χ2n) is 7.83. The van der Waals surface area contributed by atoms with Gasteiger partial charge in [0.1, 0.15) is 11.6 Å². The zero-order valence-electron chi connectivity index (χ0n) is 16.3. The van der Waals surface area contributed by atoms with E-state index in [1.165, 1.54) is 6.33 Å². The Morgan fingerprint density at radius 2 is 1.96 bits per heavy atom. The van der Waals surface area contributed by atoms with Gasteiger partial charge in [0.25, 0.3) is 0 Å². The summed E-state index contributed by atoms with van der Waals surface area (Å²) < 4.78 is 10.9. The molecule has 8 heteroatoms. The molecule has 1 aliphatic heterocycles. The van der Waals surface area contributed by atoms with Gasteiger partial charge in [-0.1, -0.05) is 5.16 Å². The Hall–Kier alpha value is -2.48. The summed E-state index contributed by atoms with van der Waals surface area (Å²) in [6.07, 6.45) is 6.40. The highest BCUT2D eigenvalue weighted by Crippen LogP contribution is 2.30. The number of piperidine rings is 1. The Morgan fingerprint density at radius 3 is 2.52 bits per heavy atom. The first-order valence-electron chi connectivity index (χ1n) is 9.21. The van der Waals surface area contributed by atoms with Crippen LogP contribution in [-0.4, -0.2) is 62.8 Å². The summed E-state index contributed by atoms with van der Waals surface area (Å²) >= 11 is 0. The zero-order chi connectivity index (χ0) is 19.4. The fraction of sp³-hybridized carbons (Fsp3) is 0.579. The van der Waals surface area contributed by atoms with Gasteiger partial charge in [0.05, 0.1) is 0 Å². The fourth-order valence-corrected chi connectivity index (χ4v) is 3.39. The number of carbonyl (C=O) groups is 1. The van der Waals surface area contributed by atoms with Gasteiger partial charge in [-0.2, -0.15) is 4.98 Å². The summed E-state index contributed by atoms with van der Waals surface area (Å²) in [6.45, 7) is 6.98. The Balaban J connectivity index is 1.68. The van der Waals surface area contributed by atoms with Crippen LogP contribution in [0.4, 0.5) is 4.79 Å². The largest absolute Gasteiger partial charge is 0.444 e. The first-order chi connectivity index (χ1) is 12.8. The minimum atomic E-state index is -0.477. The van der Waals surface area contributed by atoms with Gasteiger partial charge in [-0.05, 0) is 58.4 Å². The average Bonchev–Trinajstić information content (AvgIpc) is 3.15. The van der Waals surface area contributed by atoms with Crippen LogP contribution < -0.4 is 0 Å². The van der Waals surface area contributed by atoms with E-state index in [-0.39, 0.29) is 18.2 Å². The first-order valence-corrected chi connectivity index (χ1v) is 9.21. The Labute approximate surface area is 159 Å². The van der Waals surface area contributed by atoms with Crippen LogP contribution in [0.5, 0.6) is 0 Å². The van der Waals surface area contributed by atoms with E-state index in [1.807, 2.05) is 32.9 Å². The summed E-state index contributed by atoms with van der Waals surface area (Å²) in [7, 11) is 2.06. The van der Waals surface area contributed by atoms with Crippen LogP contribution in [0.15, 0.2) is 35.4 Å². The molecule has 1 aliphatic rings. The second kappa shape index (κ2) is 8.04. The number of carbonyl (C=O) groups excluding carboxylic acids is 1. The Bertz CT molecular complexity index is 722. The molecule has 0 radical (unpaired) electrons. The van der Waals surface area contributed by atoms with Crippen molar-refractivity contribution in [2.75, 3.05) is 20.1 Å². The number of pyridine rings is 1. The number of hydrogen-bond acceptors (Lipinski definition) is 7. The molecule has 146 valence electrons. The summed E-state index contributed by atoms with van der Waals surface area (Å²) in [5.41, 5.74) is 0.570. The molecular weight excluding hydrogens is 346 g/mol. The van der Waals surface area contributed by atoms with E-state index < -0.39 is 5.60 Å². The Morgan fingerprint density at radius 1 is 1.30 bits per heavy atom. The van der Waals surface area contributed by atoms with Crippen molar-refractivity contribution < 1.29 is 14.1 Å². The monoisotopic (exact) mass is 373 g/mol. The summed E-state index contributed by atoms with van der Waals surface area (Å²) in [6, 6.07) is 4.06. The number of hydrogen-bond donors (Lipinski definition) is 0. The predicted molar refractivity (Wildman–Crippen MR) is 99.0 cm³/mol. The van der Waals surface area contributed by atoms with Gasteiger partial charge in [0.2, 0.25) is 5.89 Å². The number of nitrogens with zero attached hydrogens (tertiary/aromatic N) is 5. The third-order valence-corrected chi connectivity index (χ3v) is 4.73. The van der Waals surface area contributed by atoms with Crippen LogP contribution in [0.25, 0.3) is 0 Å². The number of aromatic nitrogens is 3. The highest BCUT2D eigenvalue weighted by atomic mass is 16.6. The van der Waals surface area contributed by atoms with Gasteiger partial charge >= 0.3 is 6.09 Å². The van der Waals surface area contributed by atoms with E-state index in [0.717, 1.165) is 18.4 Å². The zero-order valence-corrected chi connectivity index (χ0v) is 16.3. The normalized spacial score (nSPS) is 17.1. The van der Waals surface area contributed by atoms with Gasteiger partial charge in [-0.25, -0.2) is 4.79 Å². The van der Waals surface area contributed by atoms with Crippen LogP contribution in [0.2, 0.25) is 0 Å². The van der Waals surface area contributed by atoms with Gasteiger partial charge in [0, 0.05) is 31.5 Å². The fourth-order valence-electron chi connectivity index (χ4n) is 3.39. The molecule has 8 nitrogen and oxygen atoms in total. The lowest BCUT2D eigenvalue weighted by atomic mass is 9.99. The lowest BCUT2D eigenvalue weighted by molar-refractivity contribution is 0.0134. The van der Waals surface area contributed by atoms with Crippen LogP contribution in [0.1, 0.15) is 51.1 Å². The highest BCUT2D eigenvalue weighted by molar-refractivity contribution is 5.68. The minimum absolute atomic E-state index is 0.145. The van der Waals surface area contributed by atoms with Crippen molar-refractivity contribution >= 4 is 6.09 Å². The molecule has 3 rings (SSSR count). The minimum Gasteiger partial charge on any atom is -0.444 e. The van der Waals surface area contributed by atoms with Crippen molar-refractivity contribution in [3.05, 3.63) is 42.3 Å². The van der Waals surface area contributed by atoms with Crippen LogP contribution >= 0.6 is 0 Å². The molecule has 0 aromatic carbocycles. The highest BCUT2D eigenvalue weighted by Gasteiger charge is 2.33. The van der Waals surface area contributed by atoms with Crippen molar-refractivity contribution in [2.24, 2.45) is 0 Å². The van der Waals surface area contributed by atoms with Crippen LogP contribution in [0, 0.1) is 0 Å². The molecule has 2 aromatic rings. The van der Waals surface area contributed by atoms with E-state index in [4.69, 9.17) is 9.26 Å². The maximum atomic E-state index is 12.3. The predicted octanol–water partition coefficient (Wildman–Crippen LogP) is 2.89.